The molecule has 34 heavy (non-hydrogen) atoms. The minimum atomic E-state index is -1.26. The molecule has 4 heteroatoms. The van der Waals surface area contributed by atoms with Crippen LogP contribution in [0, 0.1) is 0 Å². The van der Waals surface area contributed by atoms with E-state index in [2.05, 4.69) is 142 Å². The van der Waals surface area contributed by atoms with Gasteiger partial charge in [-0.1, -0.05) is 148 Å². The van der Waals surface area contributed by atoms with E-state index in [4.69, 9.17) is 0 Å². The van der Waals surface area contributed by atoms with Crippen LogP contribution in [0.1, 0.15) is 33.9 Å². The summed E-state index contributed by atoms with van der Waals surface area (Å²) in [6, 6.07) is 35.9. The number of rotatable bonds is 5. The summed E-state index contributed by atoms with van der Waals surface area (Å²) in [7, 11) is 11.7. The molecule has 0 saturated heterocycles. The molecule has 0 spiro atoms. The average molecular weight is 440 g/mol. The first-order chi connectivity index (χ1) is 16.5. The van der Waals surface area contributed by atoms with Gasteiger partial charge in [0.2, 0.25) is 0 Å². The van der Waals surface area contributed by atoms with E-state index in [1.54, 1.807) is 0 Å². The standard InChI is InChI=1S/C30H30B2N2/c1-33(2)32(34(3)4,30-27-19-11-7-15-23(27)24-16-8-12-20-28(24)30)31-29-25-17-9-5-13-21(25)22-14-6-10-18-26(22)29/h5-20,29-30H,1-4H3/q-1. The van der Waals surface area contributed by atoms with Gasteiger partial charge < -0.3 is 9.62 Å². The maximum Gasteiger partial charge on any atom is 0.102 e. The van der Waals surface area contributed by atoms with Crippen LogP contribution in [0.4, 0.5) is 0 Å². The zero-order chi connectivity index (χ0) is 23.4. The Labute approximate surface area is 204 Å². The van der Waals surface area contributed by atoms with Gasteiger partial charge in [-0.05, 0) is 40.6 Å². The molecule has 4 aromatic carbocycles. The van der Waals surface area contributed by atoms with Crippen LogP contribution >= 0.6 is 0 Å². The van der Waals surface area contributed by atoms with Gasteiger partial charge in [0.1, 0.15) is 6.31 Å². The summed E-state index contributed by atoms with van der Waals surface area (Å²) in [6.07, 6.45) is -1.26. The Balaban J connectivity index is 1.57. The fourth-order valence-electron chi connectivity index (χ4n) is 6.92. The molecular formula is C30H30B2N2-. The lowest BCUT2D eigenvalue weighted by atomic mass is 9.08. The molecule has 0 N–H and O–H groups in total. The maximum atomic E-state index is 2.67. The highest BCUT2D eigenvalue weighted by Gasteiger charge is 2.45. The molecule has 4 aromatic rings. The third kappa shape index (κ3) is 2.92. The van der Waals surface area contributed by atoms with Crippen molar-refractivity contribution in [1.82, 2.24) is 9.62 Å². The van der Waals surface area contributed by atoms with Gasteiger partial charge in [-0.25, -0.2) is 0 Å². The molecule has 0 bridgehead atoms. The van der Waals surface area contributed by atoms with E-state index in [1.165, 1.54) is 44.5 Å². The average Bonchev–Trinajstić information content (AvgIpc) is 3.36. The van der Waals surface area contributed by atoms with Gasteiger partial charge in [0.25, 0.3) is 0 Å². The minimum absolute atomic E-state index is 0.247. The smallest absolute Gasteiger partial charge is 0.102 e. The topological polar surface area (TPSA) is 6.48 Å². The third-order valence-electron chi connectivity index (χ3n) is 8.38. The molecule has 6 rings (SSSR count). The molecule has 0 aliphatic heterocycles. The molecule has 0 saturated carbocycles. The third-order valence-corrected chi connectivity index (χ3v) is 8.38. The molecule has 0 amide bonds. The summed E-state index contributed by atoms with van der Waals surface area (Å²) < 4.78 is 0. The van der Waals surface area contributed by atoms with Crippen LogP contribution in [-0.2, 0) is 0 Å². The van der Waals surface area contributed by atoms with Crippen LogP contribution < -0.4 is 0 Å². The zero-order valence-corrected chi connectivity index (χ0v) is 20.4. The molecule has 0 aromatic heterocycles. The summed E-state index contributed by atoms with van der Waals surface area (Å²) >= 11 is 0. The summed E-state index contributed by atoms with van der Waals surface area (Å²) in [5, 5.41) is 0. The summed E-state index contributed by atoms with van der Waals surface area (Å²) in [4.78, 5) is 4.96. The molecule has 1 radical (unpaired) electrons. The first-order valence-electron chi connectivity index (χ1n) is 12.3. The molecule has 2 aliphatic rings. The second-order valence-electron chi connectivity index (χ2n) is 10.3. The Morgan fingerprint density at radius 1 is 0.500 bits per heavy atom. The highest BCUT2D eigenvalue weighted by atomic mass is 15.2. The molecular weight excluding hydrogens is 410 g/mol. The summed E-state index contributed by atoms with van der Waals surface area (Å²) in [5.41, 5.74) is 11.2. The van der Waals surface area contributed by atoms with Crippen molar-refractivity contribution in [2.24, 2.45) is 0 Å². The van der Waals surface area contributed by atoms with Crippen molar-refractivity contribution < 1.29 is 0 Å². The predicted molar refractivity (Wildman–Crippen MR) is 146 cm³/mol. The van der Waals surface area contributed by atoms with Crippen molar-refractivity contribution in [3.63, 3.8) is 0 Å². The van der Waals surface area contributed by atoms with Crippen LogP contribution in [0.15, 0.2) is 97.1 Å². The lowest BCUT2D eigenvalue weighted by Crippen LogP contribution is -2.70. The fraction of sp³-hybridized carbons (Fsp3) is 0.200. The highest BCUT2D eigenvalue weighted by Crippen LogP contribution is 2.52. The van der Waals surface area contributed by atoms with Crippen LogP contribution in [0.3, 0.4) is 0 Å². The van der Waals surface area contributed by atoms with Crippen LogP contribution in [-0.4, -0.2) is 51.3 Å². The van der Waals surface area contributed by atoms with E-state index < -0.39 is 6.31 Å². The van der Waals surface area contributed by atoms with Gasteiger partial charge in [0.05, 0.1) is 0 Å². The van der Waals surface area contributed by atoms with Crippen LogP contribution in [0.25, 0.3) is 22.3 Å². The number of hydrogen-bond donors (Lipinski definition) is 0. The number of benzene rings is 4. The molecule has 0 heterocycles. The minimum Gasteiger partial charge on any atom is -0.472 e. The first-order valence-corrected chi connectivity index (χ1v) is 12.3. The Morgan fingerprint density at radius 2 is 0.824 bits per heavy atom. The number of fused-ring (bicyclic) bond motifs is 6. The van der Waals surface area contributed by atoms with E-state index in [1.807, 2.05) is 0 Å². The fourth-order valence-corrected chi connectivity index (χ4v) is 6.92. The lowest BCUT2D eigenvalue weighted by Gasteiger charge is -2.59. The molecule has 2 aliphatic carbocycles. The van der Waals surface area contributed by atoms with Gasteiger partial charge in [-0.15, -0.1) is 0 Å². The molecule has 0 unspecified atom stereocenters. The van der Waals surface area contributed by atoms with E-state index in [0.29, 0.717) is 0 Å². The first kappa shape index (κ1) is 21.5. The number of hydrogen-bond acceptors (Lipinski definition) is 2. The van der Waals surface area contributed by atoms with Crippen molar-refractivity contribution in [2.75, 3.05) is 28.2 Å². The van der Waals surface area contributed by atoms with Crippen LogP contribution in [0.5, 0.6) is 0 Å². The summed E-state index contributed by atoms with van der Waals surface area (Å²) in [6.45, 7) is 0. The monoisotopic (exact) mass is 440 g/mol. The zero-order valence-electron chi connectivity index (χ0n) is 20.4. The van der Waals surface area contributed by atoms with Crippen molar-refractivity contribution >= 4 is 13.5 Å². The molecule has 0 fully saturated rings. The van der Waals surface area contributed by atoms with Crippen molar-refractivity contribution in [3.8, 4) is 22.3 Å². The Hall–Kier alpha value is -3.07. The van der Waals surface area contributed by atoms with E-state index >= 15 is 0 Å². The summed E-state index contributed by atoms with van der Waals surface area (Å²) in [5.74, 6) is 0.509. The van der Waals surface area contributed by atoms with Crippen molar-refractivity contribution in [2.45, 2.75) is 11.6 Å². The second-order valence-corrected chi connectivity index (χ2v) is 10.3. The van der Waals surface area contributed by atoms with Gasteiger partial charge >= 0.3 is 0 Å². The largest absolute Gasteiger partial charge is 0.472 e. The molecule has 0 atom stereocenters. The van der Waals surface area contributed by atoms with E-state index in [9.17, 15) is 0 Å². The van der Waals surface area contributed by atoms with Crippen molar-refractivity contribution in [1.29, 1.82) is 0 Å². The number of nitrogens with zero attached hydrogens (tertiary/aromatic N) is 2. The normalized spacial score (nSPS) is 14.8. The van der Waals surface area contributed by atoms with Gasteiger partial charge in [0.15, 0.2) is 0 Å². The van der Waals surface area contributed by atoms with Crippen LogP contribution in [0.2, 0.25) is 0 Å². The second kappa shape index (κ2) is 8.01. The SMILES string of the molecule is CN(C)[B-]([B]C1c2ccccc2-c2ccccc21)(C1c2ccccc2-c2ccccc21)N(C)C. The molecule has 2 nitrogen and oxygen atoms in total. The van der Waals surface area contributed by atoms with Gasteiger partial charge in [0, 0.05) is 0 Å². The van der Waals surface area contributed by atoms with E-state index in [-0.39, 0.29) is 11.6 Å². The maximum absolute atomic E-state index is 2.67. The van der Waals surface area contributed by atoms with Gasteiger partial charge in [-0.2, -0.15) is 0 Å². The lowest BCUT2D eigenvalue weighted by molar-refractivity contribution is 0.490. The molecule has 167 valence electrons. The van der Waals surface area contributed by atoms with Gasteiger partial charge in [-0.3, -0.25) is 0 Å². The Bertz CT molecular complexity index is 1280. The highest BCUT2D eigenvalue weighted by molar-refractivity contribution is 7.23. The quantitative estimate of drug-likeness (QED) is 0.358. The Morgan fingerprint density at radius 3 is 1.21 bits per heavy atom. The predicted octanol–water partition coefficient (Wildman–Crippen LogP) is 5.87. The van der Waals surface area contributed by atoms with E-state index in [0.717, 1.165) is 0 Å². The van der Waals surface area contributed by atoms with Crippen molar-refractivity contribution in [3.05, 3.63) is 119 Å². The Kier molecular flexibility index (Phi) is 5.05.